The molecule has 0 aliphatic heterocycles. The van der Waals surface area contributed by atoms with Gasteiger partial charge < -0.3 is 9.84 Å². The van der Waals surface area contributed by atoms with Crippen molar-refractivity contribution in [2.75, 3.05) is 0 Å². The molecule has 0 spiro atoms. The van der Waals surface area contributed by atoms with Crippen molar-refractivity contribution in [1.82, 2.24) is 0 Å². The fraction of sp³-hybridized carbons (Fsp3) is 0.538. The molecular formula is C26H38O5S. The summed E-state index contributed by atoms with van der Waals surface area (Å²) < 4.78 is 37.6. The summed E-state index contributed by atoms with van der Waals surface area (Å²) in [5.41, 5.74) is 1.17. The Morgan fingerprint density at radius 2 is 1.31 bits per heavy atom. The zero-order valence-corrected chi connectivity index (χ0v) is 20.1. The minimum atomic E-state index is -4.52. The van der Waals surface area contributed by atoms with Crippen LogP contribution in [0.4, 0.5) is 0 Å². The number of phenols is 1. The number of aromatic hydroxyl groups is 1. The average Bonchev–Trinajstić information content (AvgIpc) is 2.75. The first kappa shape index (κ1) is 26.2. The summed E-state index contributed by atoms with van der Waals surface area (Å²) in [6.45, 7) is 2.26. The molecule has 0 heterocycles. The van der Waals surface area contributed by atoms with E-state index in [4.69, 9.17) is 4.74 Å². The molecule has 0 aliphatic rings. The van der Waals surface area contributed by atoms with Gasteiger partial charge in [0.1, 0.15) is 22.1 Å². The highest BCUT2D eigenvalue weighted by Crippen LogP contribution is 2.30. The summed E-state index contributed by atoms with van der Waals surface area (Å²) in [5.74, 6) is 0.312. The molecule has 0 bridgehead atoms. The summed E-state index contributed by atoms with van der Waals surface area (Å²) in [4.78, 5) is -0.567. The van der Waals surface area contributed by atoms with Gasteiger partial charge in [-0.1, -0.05) is 89.7 Å². The van der Waals surface area contributed by atoms with Gasteiger partial charge in [-0.05, 0) is 42.7 Å². The summed E-state index contributed by atoms with van der Waals surface area (Å²) in [6.07, 6.45) is 16.9. The highest BCUT2D eigenvalue weighted by molar-refractivity contribution is 7.86. The second kappa shape index (κ2) is 14.2. The summed E-state index contributed by atoms with van der Waals surface area (Å²) >= 11 is 0. The van der Waals surface area contributed by atoms with Crippen LogP contribution in [0.25, 0.3) is 0 Å². The lowest BCUT2D eigenvalue weighted by Crippen LogP contribution is -1.99. The molecule has 178 valence electrons. The van der Waals surface area contributed by atoms with Gasteiger partial charge in [0.05, 0.1) is 0 Å². The molecule has 6 heteroatoms. The van der Waals surface area contributed by atoms with Crippen LogP contribution in [-0.4, -0.2) is 18.1 Å². The molecular weight excluding hydrogens is 424 g/mol. The van der Waals surface area contributed by atoms with Crippen LogP contribution in [0.2, 0.25) is 0 Å². The molecule has 0 atom stereocenters. The molecule has 0 radical (unpaired) electrons. The maximum Gasteiger partial charge on any atom is 0.298 e. The zero-order chi connectivity index (χ0) is 23.2. The number of benzene rings is 2. The highest BCUT2D eigenvalue weighted by Gasteiger charge is 2.16. The van der Waals surface area contributed by atoms with Crippen LogP contribution in [0, 0.1) is 0 Å². The zero-order valence-electron chi connectivity index (χ0n) is 19.3. The third kappa shape index (κ3) is 10.0. The minimum absolute atomic E-state index is 0.234. The quantitative estimate of drug-likeness (QED) is 0.197. The molecule has 32 heavy (non-hydrogen) atoms. The van der Waals surface area contributed by atoms with Crippen molar-refractivity contribution in [3.05, 3.63) is 48.0 Å². The molecule has 2 aromatic rings. The van der Waals surface area contributed by atoms with Crippen LogP contribution in [0.1, 0.15) is 89.5 Å². The van der Waals surface area contributed by atoms with Crippen molar-refractivity contribution in [2.45, 2.75) is 95.3 Å². The summed E-state index contributed by atoms with van der Waals surface area (Å²) in [6, 6.07) is 11.5. The Morgan fingerprint density at radius 3 is 1.91 bits per heavy atom. The van der Waals surface area contributed by atoms with E-state index in [1.54, 1.807) is 6.07 Å². The topological polar surface area (TPSA) is 83.8 Å². The van der Waals surface area contributed by atoms with Crippen LogP contribution >= 0.6 is 0 Å². The highest BCUT2D eigenvalue weighted by atomic mass is 32.2. The van der Waals surface area contributed by atoms with Crippen molar-refractivity contribution in [3.8, 4) is 17.2 Å². The second-order valence-electron chi connectivity index (χ2n) is 8.49. The van der Waals surface area contributed by atoms with Gasteiger partial charge in [-0.25, -0.2) is 0 Å². The van der Waals surface area contributed by atoms with E-state index < -0.39 is 20.8 Å². The van der Waals surface area contributed by atoms with Gasteiger partial charge >= 0.3 is 0 Å². The first-order valence-electron chi connectivity index (χ1n) is 12.0. The SMILES string of the molecule is CCCCCCCCCCCCCCc1cccc(Oc2ccc(O)c(S(=O)(=O)O)c2)c1. The van der Waals surface area contributed by atoms with Crippen LogP contribution in [-0.2, 0) is 16.5 Å². The van der Waals surface area contributed by atoms with Gasteiger partial charge in [-0.2, -0.15) is 8.42 Å². The first-order chi connectivity index (χ1) is 15.4. The van der Waals surface area contributed by atoms with Gasteiger partial charge in [0, 0.05) is 6.07 Å². The fourth-order valence-electron chi connectivity index (χ4n) is 3.84. The number of unbranched alkanes of at least 4 members (excludes halogenated alkanes) is 11. The Labute approximate surface area is 193 Å². The van der Waals surface area contributed by atoms with E-state index in [1.807, 2.05) is 12.1 Å². The molecule has 0 saturated heterocycles. The van der Waals surface area contributed by atoms with E-state index in [9.17, 15) is 18.1 Å². The Balaban J connectivity index is 1.68. The van der Waals surface area contributed by atoms with E-state index in [0.29, 0.717) is 5.75 Å². The molecule has 5 nitrogen and oxygen atoms in total. The number of ether oxygens (including phenoxy) is 1. The van der Waals surface area contributed by atoms with E-state index in [0.717, 1.165) is 18.9 Å². The van der Waals surface area contributed by atoms with E-state index in [1.165, 1.54) is 88.3 Å². The van der Waals surface area contributed by atoms with Crippen molar-refractivity contribution in [1.29, 1.82) is 0 Å². The molecule has 0 fully saturated rings. The lowest BCUT2D eigenvalue weighted by Gasteiger charge is -2.09. The van der Waals surface area contributed by atoms with Gasteiger partial charge in [0.2, 0.25) is 0 Å². The molecule has 0 aliphatic carbocycles. The molecule has 2 N–H and O–H groups in total. The van der Waals surface area contributed by atoms with Crippen molar-refractivity contribution in [3.63, 3.8) is 0 Å². The van der Waals surface area contributed by atoms with Crippen LogP contribution in [0.3, 0.4) is 0 Å². The standard InChI is InChI=1S/C26H38O5S/c1-2-3-4-5-6-7-8-9-10-11-12-13-15-22-16-14-17-23(20-22)31-24-18-19-25(27)26(21-24)32(28,29)30/h14,16-21,27H,2-13,15H2,1H3,(H,28,29,30). The minimum Gasteiger partial charge on any atom is -0.506 e. The Morgan fingerprint density at radius 1 is 0.750 bits per heavy atom. The molecule has 2 aromatic carbocycles. The third-order valence-electron chi connectivity index (χ3n) is 5.66. The maximum atomic E-state index is 11.3. The normalized spacial score (nSPS) is 11.6. The van der Waals surface area contributed by atoms with Gasteiger partial charge in [0.15, 0.2) is 0 Å². The molecule has 0 amide bonds. The predicted molar refractivity (Wildman–Crippen MR) is 129 cm³/mol. The Kier molecular flexibility index (Phi) is 11.6. The number of rotatable bonds is 16. The van der Waals surface area contributed by atoms with Gasteiger partial charge in [-0.3, -0.25) is 4.55 Å². The molecule has 0 aromatic heterocycles. The summed E-state index contributed by atoms with van der Waals surface area (Å²) in [7, 11) is -4.52. The molecule has 2 rings (SSSR count). The number of hydrogen-bond acceptors (Lipinski definition) is 4. The van der Waals surface area contributed by atoms with E-state index in [-0.39, 0.29) is 5.75 Å². The Bertz CT molecular complexity index is 908. The van der Waals surface area contributed by atoms with Crippen molar-refractivity contribution >= 4 is 10.1 Å². The van der Waals surface area contributed by atoms with E-state index >= 15 is 0 Å². The van der Waals surface area contributed by atoms with Crippen molar-refractivity contribution < 1.29 is 22.8 Å². The lowest BCUT2D eigenvalue weighted by atomic mass is 10.0. The van der Waals surface area contributed by atoms with Gasteiger partial charge in [0.25, 0.3) is 10.1 Å². The number of aryl methyl sites for hydroxylation is 1. The third-order valence-corrected chi connectivity index (χ3v) is 6.55. The summed E-state index contributed by atoms with van der Waals surface area (Å²) in [5, 5.41) is 9.63. The van der Waals surface area contributed by atoms with Crippen LogP contribution in [0.15, 0.2) is 47.4 Å². The lowest BCUT2D eigenvalue weighted by molar-refractivity contribution is 0.435. The smallest absolute Gasteiger partial charge is 0.298 e. The fourth-order valence-corrected chi connectivity index (χ4v) is 4.43. The second-order valence-corrected chi connectivity index (χ2v) is 9.88. The van der Waals surface area contributed by atoms with Gasteiger partial charge in [-0.15, -0.1) is 0 Å². The van der Waals surface area contributed by atoms with Crippen LogP contribution in [0.5, 0.6) is 17.2 Å². The van der Waals surface area contributed by atoms with Crippen molar-refractivity contribution in [2.24, 2.45) is 0 Å². The Hall–Kier alpha value is -2.05. The maximum absolute atomic E-state index is 11.3. The first-order valence-corrected chi connectivity index (χ1v) is 13.4. The molecule has 0 unspecified atom stereocenters. The number of hydrogen-bond donors (Lipinski definition) is 2. The predicted octanol–water partition coefficient (Wildman–Crippen LogP) is 7.67. The average molecular weight is 463 g/mol. The molecule has 0 saturated carbocycles. The monoisotopic (exact) mass is 462 g/mol. The number of phenolic OH excluding ortho intramolecular Hbond substituents is 1. The van der Waals surface area contributed by atoms with Crippen LogP contribution < -0.4 is 4.74 Å². The van der Waals surface area contributed by atoms with E-state index in [2.05, 4.69) is 13.0 Å². The largest absolute Gasteiger partial charge is 0.506 e.